The molecule has 0 spiro atoms. The summed E-state index contributed by atoms with van der Waals surface area (Å²) < 4.78 is 2.22. The molecule has 80 valence electrons. The second-order valence-corrected chi connectivity index (χ2v) is 4.59. The van der Waals surface area contributed by atoms with E-state index in [4.69, 9.17) is 0 Å². The Morgan fingerprint density at radius 2 is 2.00 bits per heavy atom. The smallest absolute Gasteiger partial charge is 0.0178 e. The van der Waals surface area contributed by atoms with Gasteiger partial charge in [0.05, 0.1) is 0 Å². The monoisotopic (exact) mass is 193 g/mol. The molecule has 1 aromatic rings. The van der Waals surface area contributed by atoms with Gasteiger partial charge in [0.25, 0.3) is 0 Å². The van der Waals surface area contributed by atoms with Gasteiger partial charge < -0.3 is 4.57 Å². The maximum atomic E-state index is 2.39. The van der Waals surface area contributed by atoms with Crippen molar-refractivity contribution in [3.63, 3.8) is 0 Å². The second-order valence-electron chi connectivity index (χ2n) is 4.59. The topological polar surface area (TPSA) is 4.93 Å². The molecule has 0 N–H and O–H groups in total. The van der Waals surface area contributed by atoms with Crippen LogP contribution >= 0.6 is 0 Å². The number of rotatable bonds is 4. The highest BCUT2D eigenvalue weighted by molar-refractivity contribution is 5.29. The van der Waals surface area contributed by atoms with Gasteiger partial charge in [0.1, 0.15) is 0 Å². The van der Waals surface area contributed by atoms with Crippen molar-refractivity contribution in [2.45, 2.75) is 52.4 Å². The van der Waals surface area contributed by atoms with E-state index in [9.17, 15) is 0 Å². The van der Waals surface area contributed by atoms with Crippen LogP contribution in [0.1, 0.15) is 51.3 Å². The molecule has 0 amide bonds. The van der Waals surface area contributed by atoms with Crippen LogP contribution in [0.2, 0.25) is 0 Å². The van der Waals surface area contributed by atoms with Crippen LogP contribution in [0.25, 0.3) is 0 Å². The molecule has 1 heterocycles. The summed E-state index contributed by atoms with van der Waals surface area (Å²) in [5.41, 5.74) is 3.33. The van der Waals surface area contributed by atoms with Crippen LogP contribution in [0.4, 0.5) is 0 Å². The van der Waals surface area contributed by atoms with Crippen LogP contribution < -0.4 is 0 Å². The lowest BCUT2D eigenvalue weighted by molar-refractivity contribution is 0.411. The minimum atomic E-state index is 0.375. The molecular formula is C13H23N. The molecule has 1 heteroatoms. The predicted molar refractivity (Wildman–Crippen MR) is 62.7 cm³/mol. The maximum Gasteiger partial charge on any atom is 0.0178 e. The molecule has 0 aromatic carbocycles. The minimum absolute atomic E-state index is 0.375. The Morgan fingerprint density at radius 3 is 2.36 bits per heavy atom. The maximum absolute atomic E-state index is 2.39. The van der Waals surface area contributed by atoms with Gasteiger partial charge in [0.2, 0.25) is 0 Å². The van der Waals surface area contributed by atoms with Crippen LogP contribution in [-0.2, 0) is 12.5 Å². The Morgan fingerprint density at radius 1 is 1.36 bits per heavy atom. The molecule has 0 radical (unpaired) electrons. The Kier molecular flexibility index (Phi) is 3.41. The van der Waals surface area contributed by atoms with Gasteiger partial charge in [-0.05, 0) is 36.8 Å². The number of aromatic nitrogens is 1. The lowest BCUT2D eigenvalue weighted by atomic mass is 9.76. The molecule has 1 rings (SSSR count). The zero-order valence-electron chi connectivity index (χ0n) is 10.2. The van der Waals surface area contributed by atoms with Crippen molar-refractivity contribution < 1.29 is 0 Å². The number of aryl methyl sites for hydroxylation is 1. The van der Waals surface area contributed by atoms with Crippen LogP contribution in [0.5, 0.6) is 0 Å². The molecule has 1 aromatic heterocycles. The van der Waals surface area contributed by atoms with Gasteiger partial charge in [-0.25, -0.2) is 0 Å². The van der Waals surface area contributed by atoms with Gasteiger partial charge in [0.15, 0.2) is 0 Å². The summed E-state index contributed by atoms with van der Waals surface area (Å²) in [5, 5.41) is 0. The van der Waals surface area contributed by atoms with Crippen molar-refractivity contribution >= 4 is 0 Å². The van der Waals surface area contributed by atoms with Crippen LogP contribution in [0.3, 0.4) is 0 Å². The van der Waals surface area contributed by atoms with E-state index in [1.807, 2.05) is 0 Å². The quantitative estimate of drug-likeness (QED) is 0.685. The van der Waals surface area contributed by atoms with Crippen molar-refractivity contribution in [3.8, 4) is 0 Å². The summed E-state index contributed by atoms with van der Waals surface area (Å²) in [5.74, 6) is 0. The molecule has 1 nitrogen and oxygen atoms in total. The van der Waals surface area contributed by atoms with E-state index in [2.05, 4.69) is 51.6 Å². The molecule has 14 heavy (non-hydrogen) atoms. The van der Waals surface area contributed by atoms with Crippen molar-refractivity contribution in [2.75, 3.05) is 0 Å². The predicted octanol–water partition coefficient (Wildman–Crippen LogP) is 3.80. The molecule has 0 saturated heterocycles. The molecule has 0 bridgehead atoms. The molecule has 0 aliphatic carbocycles. The summed E-state index contributed by atoms with van der Waals surface area (Å²) in [6.45, 7) is 9.17. The number of nitrogens with zero attached hydrogens (tertiary/aromatic N) is 1. The normalized spacial score (nSPS) is 15.5. The molecule has 1 unspecified atom stereocenters. The first-order valence-corrected chi connectivity index (χ1v) is 5.67. The highest BCUT2D eigenvalue weighted by atomic mass is 14.9. The Bertz CT molecular complexity index is 298. The third kappa shape index (κ3) is 1.87. The van der Waals surface area contributed by atoms with Gasteiger partial charge in [-0.15, -0.1) is 0 Å². The fraction of sp³-hybridized carbons (Fsp3) is 0.692. The Hall–Kier alpha value is -0.720. The van der Waals surface area contributed by atoms with E-state index in [1.165, 1.54) is 30.5 Å². The fourth-order valence-electron chi connectivity index (χ4n) is 2.30. The van der Waals surface area contributed by atoms with Crippen molar-refractivity contribution in [2.24, 2.45) is 7.05 Å². The van der Waals surface area contributed by atoms with Crippen molar-refractivity contribution in [1.29, 1.82) is 0 Å². The molecule has 0 fully saturated rings. The van der Waals surface area contributed by atoms with E-state index >= 15 is 0 Å². The van der Waals surface area contributed by atoms with Gasteiger partial charge >= 0.3 is 0 Å². The highest BCUT2D eigenvalue weighted by Crippen LogP contribution is 2.34. The Balaban J connectivity index is 3.05. The zero-order chi connectivity index (χ0) is 10.8. The van der Waals surface area contributed by atoms with Crippen LogP contribution in [0.15, 0.2) is 12.3 Å². The third-order valence-corrected chi connectivity index (χ3v) is 3.62. The van der Waals surface area contributed by atoms with Gasteiger partial charge in [-0.2, -0.15) is 0 Å². The van der Waals surface area contributed by atoms with Crippen molar-refractivity contribution in [1.82, 2.24) is 4.57 Å². The molecule has 0 aliphatic rings. The molecule has 0 saturated carbocycles. The average molecular weight is 193 g/mol. The summed E-state index contributed by atoms with van der Waals surface area (Å²) in [7, 11) is 2.13. The first-order valence-electron chi connectivity index (χ1n) is 5.67. The highest BCUT2D eigenvalue weighted by Gasteiger charge is 2.26. The van der Waals surface area contributed by atoms with Gasteiger partial charge in [-0.3, -0.25) is 0 Å². The molecule has 0 aliphatic heterocycles. The van der Waals surface area contributed by atoms with E-state index in [0.717, 1.165) is 0 Å². The lowest BCUT2D eigenvalue weighted by Crippen LogP contribution is -2.21. The van der Waals surface area contributed by atoms with E-state index in [-0.39, 0.29) is 0 Å². The average Bonchev–Trinajstić information content (AvgIpc) is 2.48. The standard InChI is InChI=1S/C13H23N/c1-6-9-13(4,7-2)12-8-10-14(5)11(12)3/h8,10H,6-7,9H2,1-5H3. The van der Waals surface area contributed by atoms with Gasteiger partial charge in [-0.1, -0.05) is 27.2 Å². The largest absolute Gasteiger partial charge is 0.354 e. The third-order valence-electron chi connectivity index (χ3n) is 3.62. The van der Waals surface area contributed by atoms with Crippen LogP contribution in [-0.4, -0.2) is 4.57 Å². The van der Waals surface area contributed by atoms with Gasteiger partial charge in [0, 0.05) is 18.9 Å². The Labute approximate surface area is 88.1 Å². The number of hydrogen-bond donors (Lipinski definition) is 0. The van der Waals surface area contributed by atoms with Crippen LogP contribution in [0, 0.1) is 6.92 Å². The summed E-state index contributed by atoms with van der Waals surface area (Å²) in [4.78, 5) is 0. The van der Waals surface area contributed by atoms with E-state index in [1.54, 1.807) is 0 Å². The first-order chi connectivity index (χ1) is 6.55. The van der Waals surface area contributed by atoms with E-state index < -0.39 is 0 Å². The first kappa shape index (κ1) is 11.4. The summed E-state index contributed by atoms with van der Waals surface area (Å²) >= 11 is 0. The zero-order valence-corrected chi connectivity index (χ0v) is 10.2. The SMILES string of the molecule is CCCC(C)(CC)c1ccn(C)c1C. The minimum Gasteiger partial charge on any atom is -0.354 e. The van der Waals surface area contributed by atoms with E-state index in [0.29, 0.717) is 5.41 Å². The second kappa shape index (κ2) is 4.20. The molecular weight excluding hydrogens is 170 g/mol. The lowest BCUT2D eigenvalue weighted by Gasteiger charge is -2.28. The number of hydrogen-bond acceptors (Lipinski definition) is 0. The molecule has 1 atom stereocenters. The van der Waals surface area contributed by atoms with Crippen molar-refractivity contribution in [3.05, 3.63) is 23.5 Å². The summed E-state index contributed by atoms with van der Waals surface area (Å²) in [6.07, 6.45) is 5.95. The fourth-order valence-corrected chi connectivity index (χ4v) is 2.30. The summed E-state index contributed by atoms with van der Waals surface area (Å²) in [6, 6.07) is 2.29.